The lowest BCUT2D eigenvalue weighted by atomic mass is 10.1. The van der Waals surface area contributed by atoms with Crippen LogP contribution in [-0.4, -0.2) is 19.8 Å². The van der Waals surface area contributed by atoms with E-state index < -0.39 is 0 Å². The van der Waals surface area contributed by atoms with Gasteiger partial charge in [0.1, 0.15) is 5.75 Å². The molecule has 0 bridgehead atoms. The number of hydrogen-bond acceptors (Lipinski definition) is 3. The predicted molar refractivity (Wildman–Crippen MR) is 68.7 cm³/mol. The molecule has 1 aromatic rings. The van der Waals surface area contributed by atoms with Crippen LogP contribution in [0.15, 0.2) is 22.7 Å². The van der Waals surface area contributed by atoms with Crippen molar-refractivity contribution < 1.29 is 9.47 Å². The Bertz CT molecular complexity index is 342. The smallest absolute Gasteiger partial charge is 0.124 e. The maximum atomic E-state index is 5.76. The quantitative estimate of drug-likeness (QED) is 0.906. The van der Waals surface area contributed by atoms with Crippen molar-refractivity contribution in [2.24, 2.45) is 5.73 Å². The van der Waals surface area contributed by atoms with E-state index in [2.05, 4.69) is 15.9 Å². The normalized spacial score (nSPS) is 12.9. The summed E-state index contributed by atoms with van der Waals surface area (Å²) < 4.78 is 12.1. The van der Waals surface area contributed by atoms with E-state index in [0.29, 0.717) is 6.54 Å². The van der Waals surface area contributed by atoms with Crippen molar-refractivity contribution in [3.05, 3.63) is 28.2 Å². The zero-order chi connectivity index (χ0) is 12.1. The molecule has 16 heavy (non-hydrogen) atoms. The molecule has 0 aliphatic heterocycles. The second-order valence-electron chi connectivity index (χ2n) is 3.80. The number of nitrogens with two attached hydrogens (primary N) is 1. The molecule has 0 heterocycles. The van der Waals surface area contributed by atoms with Crippen LogP contribution < -0.4 is 10.5 Å². The van der Waals surface area contributed by atoms with Gasteiger partial charge in [-0.2, -0.15) is 0 Å². The number of rotatable bonds is 5. The van der Waals surface area contributed by atoms with Gasteiger partial charge in [0.05, 0.1) is 19.3 Å². The molecule has 0 saturated carbocycles. The van der Waals surface area contributed by atoms with Gasteiger partial charge in [-0.15, -0.1) is 0 Å². The molecule has 2 N–H and O–H groups in total. The number of methoxy groups -OCH3 is 1. The number of hydrogen-bond donors (Lipinski definition) is 1. The Morgan fingerprint density at radius 1 is 1.38 bits per heavy atom. The molecule has 0 aliphatic carbocycles. The van der Waals surface area contributed by atoms with Crippen molar-refractivity contribution in [2.75, 3.05) is 13.7 Å². The number of halogens is 1. The van der Waals surface area contributed by atoms with Gasteiger partial charge in [-0.05, 0) is 32.0 Å². The molecule has 0 spiro atoms. The first-order valence-corrected chi connectivity index (χ1v) is 6.06. The molecule has 1 aromatic carbocycles. The van der Waals surface area contributed by atoms with Gasteiger partial charge in [-0.3, -0.25) is 0 Å². The first-order valence-electron chi connectivity index (χ1n) is 5.27. The fraction of sp³-hybridized carbons (Fsp3) is 0.500. The molecule has 90 valence electrons. The van der Waals surface area contributed by atoms with Crippen molar-refractivity contribution >= 4 is 15.9 Å². The Morgan fingerprint density at radius 2 is 2.06 bits per heavy atom. The van der Waals surface area contributed by atoms with Crippen LogP contribution in [-0.2, 0) is 4.74 Å². The lowest BCUT2D eigenvalue weighted by molar-refractivity contribution is 0.0107. The molecule has 0 aromatic heterocycles. The summed E-state index contributed by atoms with van der Waals surface area (Å²) in [5.74, 6) is 0.805. The van der Waals surface area contributed by atoms with Crippen LogP contribution >= 0.6 is 15.9 Å². The van der Waals surface area contributed by atoms with Crippen molar-refractivity contribution in [3.8, 4) is 5.75 Å². The largest absolute Gasteiger partial charge is 0.496 e. The second kappa shape index (κ2) is 6.23. The summed E-state index contributed by atoms with van der Waals surface area (Å²) in [5.41, 5.74) is 6.71. The highest BCUT2D eigenvalue weighted by Gasteiger charge is 2.17. The Labute approximate surface area is 105 Å². The van der Waals surface area contributed by atoms with E-state index in [9.17, 15) is 0 Å². The molecule has 0 amide bonds. The molecule has 1 rings (SSSR count). The molecule has 1 unspecified atom stereocenters. The van der Waals surface area contributed by atoms with Crippen molar-refractivity contribution in [3.63, 3.8) is 0 Å². The minimum Gasteiger partial charge on any atom is -0.496 e. The van der Waals surface area contributed by atoms with Crippen LogP contribution in [0.2, 0.25) is 0 Å². The topological polar surface area (TPSA) is 44.5 Å². The molecule has 0 fully saturated rings. The fourth-order valence-electron chi connectivity index (χ4n) is 1.54. The number of benzene rings is 1. The summed E-state index contributed by atoms with van der Waals surface area (Å²) in [5, 5.41) is 0. The van der Waals surface area contributed by atoms with Crippen molar-refractivity contribution in [2.45, 2.75) is 26.1 Å². The zero-order valence-electron chi connectivity index (χ0n) is 9.87. The summed E-state index contributed by atoms with van der Waals surface area (Å²) >= 11 is 3.44. The van der Waals surface area contributed by atoms with Crippen LogP contribution in [0.5, 0.6) is 5.75 Å². The molecule has 0 radical (unpaired) electrons. The predicted octanol–water partition coefficient (Wildman–Crippen LogP) is 2.88. The average molecular weight is 288 g/mol. The van der Waals surface area contributed by atoms with Gasteiger partial charge in [0.25, 0.3) is 0 Å². The third kappa shape index (κ3) is 3.47. The molecule has 3 nitrogen and oxygen atoms in total. The van der Waals surface area contributed by atoms with E-state index in [4.69, 9.17) is 15.2 Å². The molecule has 4 heteroatoms. The molecule has 1 atom stereocenters. The van der Waals surface area contributed by atoms with Crippen LogP contribution in [0.1, 0.15) is 25.5 Å². The van der Waals surface area contributed by atoms with Gasteiger partial charge in [0, 0.05) is 16.6 Å². The van der Waals surface area contributed by atoms with Crippen molar-refractivity contribution in [1.82, 2.24) is 0 Å². The van der Waals surface area contributed by atoms with Crippen LogP contribution in [0.4, 0.5) is 0 Å². The van der Waals surface area contributed by atoms with E-state index in [1.54, 1.807) is 7.11 Å². The van der Waals surface area contributed by atoms with E-state index >= 15 is 0 Å². The average Bonchev–Trinajstić information content (AvgIpc) is 2.25. The highest BCUT2D eigenvalue weighted by atomic mass is 79.9. The zero-order valence-corrected chi connectivity index (χ0v) is 11.5. The highest BCUT2D eigenvalue weighted by Crippen LogP contribution is 2.30. The SMILES string of the molecule is COc1ccc(Br)cc1C(CN)OC(C)C. The third-order valence-corrected chi connectivity index (χ3v) is 2.68. The van der Waals surface area contributed by atoms with Gasteiger partial charge in [0.2, 0.25) is 0 Å². The van der Waals surface area contributed by atoms with Crippen LogP contribution in [0.25, 0.3) is 0 Å². The summed E-state index contributed by atoms with van der Waals surface area (Å²) in [4.78, 5) is 0. The lowest BCUT2D eigenvalue weighted by Crippen LogP contribution is -2.20. The van der Waals surface area contributed by atoms with Gasteiger partial charge < -0.3 is 15.2 Å². The molecular weight excluding hydrogens is 270 g/mol. The monoisotopic (exact) mass is 287 g/mol. The first-order chi connectivity index (χ1) is 7.58. The van der Waals surface area contributed by atoms with E-state index in [1.165, 1.54) is 0 Å². The van der Waals surface area contributed by atoms with Crippen LogP contribution in [0.3, 0.4) is 0 Å². The fourth-order valence-corrected chi connectivity index (χ4v) is 1.92. The minimum atomic E-state index is -0.132. The third-order valence-electron chi connectivity index (χ3n) is 2.19. The van der Waals surface area contributed by atoms with E-state index in [0.717, 1.165) is 15.8 Å². The summed E-state index contributed by atoms with van der Waals surface area (Å²) in [6.45, 7) is 4.42. The Morgan fingerprint density at radius 3 is 2.56 bits per heavy atom. The summed E-state index contributed by atoms with van der Waals surface area (Å²) in [6, 6.07) is 5.83. The van der Waals surface area contributed by atoms with Gasteiger partial charge in [0.15, 0.2) is 0 Å². The van der Waals surface area contributed by atoms with E-state index in [1.807, 2.05) is 32.0 Å². The lowest BCUT2D eigenvalue weighted by Gasteiger charge is -2.21. The highest BCUT2D eigenvalue weighted by molar-refractivity contribution is 9.10. The number of ether oxygens (including phenoxy) is 2. The van der Waals surface area contributed by atoms with Gasteiger partial charge >= 0.3 is 0 Å². The van der Waals surface area contributed by atoms with E-state index in [-0.39, 0.29) is 12.2 Å². The molecule has 0 aliphatic rings. The summed E-state index contributed by atoms with van der Waals surface area (Å²) in [6.07, 6.45) is 0.00434. The van der Waals surface area contributed by atoms with Gasteiger partial charge in [-0.1, -0.05) is 15.9 Å². The molecular formula is C12H18BrNO2. The molecule has 0 saturated heterocycles. The second-order valence-corrected chi connectivity index (χ2v) is 4.71. The van der Waals surface area contributed by atoms with Gasteiger partial charge in [-0.25, -0.2) is 0 Å². The Kier molecular flexibility index (Phi) is 5.25. The Hall–Kier alpha value is -0.580. The standard InChI is InChI=1S/C12H18BrNO2/c1-8(2)16-12(7-14)10-6-9(13)4-5-11(10)15-3/h4-6,8,12H,7,14H2,1-3H3. The minimum absolute atomic E-state index is 0.132. The summed E-state index contributed by atoms with van der Waals surface area (Å²) in [7, 11) is 1.65. The Balaban J connectivity index is 3.02. The first kappa shape index (κ1) is 13.5. The van der Waals surface area contributed by atoms with Crippen molar-refractivity contribution in [1.29, 1.82) is 0 Å². The maximum absolute atomic E-state index is 5.76. The maximum Gasteiger partial charge on any atom is 0.124 e. The van der Waals surface area contributed by atoms with Crippen LogP contribution in [0, 0.1) is 0 Å².